The summed E-state index contributed by atoms with van der Waals surface area (Å²) >= 11 is 6.23. The molecule has 2 rings (SSSR count). The molecule has 0 amide bonds. The van der Waals surface area contributed by atoms with Crippen molar-refractivity contribution in [3.63, 3.8) is 0 Å². The molecule has 0 saturated heterocycles. The van der Waals surface area contributed by atoms with Gasteiger partial charge in [0.2, 0.25) is 0 Å². The summed E-state index contributed by atoms with van der Waals surface area (Å²) in [7, 11) is 0. The van der Waals surface area contributed by atoms with Gasteiger partial charge >= 0.3 is 0 Å². The Morgan fingerprint density at radius 2 is 2.11 bits per heavy atom. The normalized spacial score (nSPS) is 23.4. The third-order valence-corrected chi connectivity index (χ3v) is 3.80. The van der Waals surface area contributed by atoms with Crippen molar-refractivity contribution in [3.8, 4) is 5.75 Å². The van der Waals surface area contributed by atoms with Crippen LogP contribution in [0.25, 0.3) is 0 Å². The van der Waals surface area contributed by atoms with Crippen LogP contribution in [0.15, 0.2) is 18.2 Å². The molecule has 2 atom stereocenters. The van der Waals surface area contributed by atoms with Crippen LogP contribution in [0.5, 0.6) is 5.75 Å². The van der Waals surface area contributed by atoms with E-state index in [0.717, 1.165) is 17.4 Å². The minimum absolute atomic E-state index is 0.149. The summed E-state index contributed by atoms with van der Waals surface area (Å²) in [6.07, 6.45) is 4.04. The molecule has 2 unspecified atom stereocenters. The Morgan fingerprint density at radius 3 is 2.67 bits per heavy atom. The highest BCUT2D eigenvalue weighted by molar-refractivity contribution is 6.32. The minimum atomic E-state index is 0.149. The maximum Gasteiger partial charge on any atom is 0.138 e. The number of hydrogen-bond donors (Lipinski definition) is 1. The molecule has 1 aliphatic carbocycles. The fourth-order valence-corrected chi connectivity index (χ4v) is 2.74. The molecule has 0 heterocycles. The Morgan fingerprint density at radius 1 is 1.33 bits per heavy atom. The largest absolute Gasteiger partial charge is 0.489 e. The lowest BCUT2D eigenvalue weighted by molar-refractivity contribution is 0.242. The first-order chi connectivity index (χ1) is 8.56. The van der Waals surface area contributed by atoms with Crippen LogP contribution in [-0.4, -0.2) is 12.1 Å². The van der Waals surface area contributed by atoms with Gasteiger partial charge in [0, 0.05) is 11.7 Å². The molecule has 1 aromatic carbocycles. The number of rotatable bonds is 4. The van der Waals surface area contributed by atoms with E-state index in [9.17, 15) is 0 Å². The maximum atomic E-state index is 6.23. The molecule has 0 aliphatic heterocycles. The standard InChI is InChI=1S/C15H22ClNO/c1-10(2)18-15-8-7-12(9-13(15)16)17-14-6-4-5-11(14)3/h7-11,14,17H,4-6H2,1-3H3. The molecule has 1 fully saturated rings. The van der Waals surface area contributed by atoms with Crippen molar-refractivity contribution in [1.82, 2.24) is 0 Å². The quantitative estimate of drug-likeness (QED) is 0.852. The predicted octanol–water partition coefficient (Wildman–Crippen LogP) is 4.73. The molecule has 0 radical (unpaired) electrons. The van der Waals surface area contributed by atoms with Gasteiger partial charge in [0.05, 0.1) is 11.1 Å². The van der Waals surface area contributed by atoms with Gasteiger partial charge in [-0.3, -0.25) is 0 Å². The molecule has 1 saturated carbocycles. The molecular formula is C15H22ClNO. The zero-order valence-corrected chi connectivity index (χ0v) is 12.1. The van der Waals surface area contributed by atoms with Crippen molar-refractivity contribution in [1.29, 1.82) is 0 Å². The van der Waals surface area contributed by atoms with Gasteiger partial charge in [-0.15, -0.1) is 0 Å². The van der Waals surface area contributed by atoms with Gasteiger partial charge in [-0.25, -0.2) is 0 Å². The Bertz CT molecular complexity index is 405. The van der Waals surface area contributed by atoms with Crippen molar-refractivity contribution in [2.45, 2.75) is 52.2 Å². The van der Waals surface area contributed by atoms with Crippen molar-refractivity contribution < 1.29 is 4.74 Å². The number of anilines is 1. The van der Waals surface area contributed by atoms with Gasteiger partial charge in [0.15, 0.2) is 0 Å². The van der Waals surface area contributed by atoms with E-state index in [1.165, 1.54) is 19.3 Å². The Labute approximate surface area is 115 Å². The van der Waals surface area contributed by atoms with Crippen LogP contribution >= 0.6 is 11.6 Å². The van der Waals surface area contributed by atoms with E-state index in [1.54, 1.807) is 0 Å². The van der Waals surface area contributed by atoms with Crippen molar-refractivity contribution in [3.05, 3.63) is 23.2 Å². The third-order valence-electron chi connectivity index (χ3n) is 3.51. The first kappa shape index (κ1) is 13.5. The highest BCUT2D eigenvalue weighted by atomic mass is 35.5. The second-order valence-corrected chi connectivity index (χ2v) is 5.88. The highest BCUT2D eigenvalue weighted by Gasteiger charge is 2.23. The van der Waals surface area contributed by atoms with E-state index < -0.39 is 0 Å². The lowest BCUT2D eigenvalue weighted by Crippen LogP contribution is -2.21. The van der Waals surface area contributed by atoms with Crippen LogP contribution in [0.2, 0.25) is 5.02 Å². The van der Waals surface area contributed by atoms with Crippen molar-refractivity contribution in [2.24, 2.45) is 5.92 Å². The second kappa shape index (κ2) is 5.83. The predicted molar refractivity (Wildman–Crippen MR) is 77.6 cm³/mol. The molecule has 3 heteroatoms. The average Bonchev–Trinajstić information content (AvgIpc) is 2.68. The third kappa shape index (κ3) is 3.32. The van der Waals surface area contributed by atoms with Crippen molar-refractivity contribution >= 4 is 17.3 Å². The summed E-state index contributed by atoms with van der Waals surface area (Å²) < 4.78 is 5.63. The lowest BCUT2D eigenvalue weighted by atomic mass is 10.1. The van der Waals surface area contributed by atoms with Crippen molar-refractivity contribution in [2.75, 3.05) is 5.32 Å². The first-order valence-electron chi connectivity index (χ1n) is 6.79. The van der Waals surface area contributed by atoms with Gasteiger partial charge in [-0.2, -0.15) is 0 Å². The monoisotopic (exact) mass is 267 g/mol. The van der Waals surface area contributed by atoms with Gasteiger partial charge in [0.1, 0.15) is 5.75 Å². The molecule has 1 N–H and O–H groups in total. The fourth-order valence-electron chi connectivity index (χ4n) is 2.51. The molecule has 1 aliphatic rings. The smallest absolute Gasteiger partial charge is 0.138 e. The summed E-state index contributed by atoms with van der Waals surface area (Å²) in [4.78, 5) is 0. The molecule has 2 nitrogen and oxygen atoms in total. The molecule has 0 bridgehead atoms. The molecule has 1 aromatic rings. The van der Waals surface area contributed by atoms with E-state index >= 15 is 0 Å². The SMILES string of the molecule is CC(C)Oc1ccc(NC2CCCC2C)cc1Cl. The minimum Gasteiger partial charge on any atom is -0.489 e. The van der Waals surface area contributed by atoms with Crippen LogP contribution in [0.3, 0.4) is 0 Å². The molecule has 0 spiro atoms. The number of hydrogen-bond acceptors (Lipinski definition) is 2. The Kier molecular flexibility index (Phi) is 4.39. The van der Waals surface area contributed by atoms with E-state index in [2.05, 4.69) is 18.3 Å². The average molecular weight is 268 g/mol. The van der Waals surface area contributed by atoms with Crippen LogP contribution < -0.4 is 10.1 Å². The second-order valence-electron chi connectivity index (χ2n) is 5.47. The van der Waals surface area contributed by atoms with Gasteiger partial charge in [0.25, 0.3) is 0 Å². The topological polar surface area (TPSA) is 21.3 Å². The van der Waals surface area contributed by atoms with Crippen LogP contribution in [0, 0.1) is 5.92 Å². The van der Waals surface area contributed by atoms with Gasteiger partial charge in [-0.1, -0.05) is 24.9 Å². The maximum absolute atomic E-state index is 6.23. The van der Waals surface area contributed by atoms with Crippen LogP contribution in [-0.2, 0) is 0 Å². The summed E-state index contributed by atoms with van der Waals surface area (Å²) in [5.41, 5.74) is 1.09. The van der Waals surface area contributed by atoms with E-state index in [0.29, 0.717) is 11.1 Å². The molecule has 0 aromatic heterocycles. The first-order valence-corrected chi connectivity index (χ1v) is 7.17. The number of nitrogens with one attached hydrogen (secondary N) is 1. The summed E-state index contributed by atoms with van der Waals surface area (Å²) in [5, 5.41) is 4.25. The number of halogens is 1. The summed E-state index contributed by atoms with van der Waals surface area (Å²) in [6, 6.07) is 6.54. The summed E-state index contributed by atoms with van der Waals surface area (Å²) in [6.45, 7) is 6.31. The summed E-state index contributed by atoms with van der Waals surface area (Å²) in [5.74, 6) is 1.51. The van der Waals surface area contributed by atoms with E-state index in [-0.39, 0.29) is 6.10 Å². The van der Waals surface area contributed by atoms with E-state index in [1.807, 2.05) is 26.0 Å². The van der Waals surface area contributed by atoms with Gasteiger partial charge < -0.3 is 10.1 Å². The molecule has 18 heavy (non-hydrogen) atoms. The highest BCUT2D eigenvalue weighted by Crippen LogP contribution is 2.32. The van der Waals surface area contributed by atoms with Gasteiger partial charge in [-0.05, 0) is 50.8 Å². The number of benzene rings is 1. The zero-order valence-electron chi connectivity index (χ0n) is 11.4. The van der Waals surface area contributed by atoms with E-state index in [4.69, 9.17) is 16.3 Å². The Balaban J connectivity index is 2.04. The lowest BCUT2D eigenvalue weighted by Gasteiger charge is -2.19. The Hall–Kier alpha value is -0.890. The fraction of sp³-hybridized carbons (Fsp3) is 0.600. The zero-order chi connectivity index (χ0) is 13.1. The number of ether oxygens (including phenoxy) is 1. The van der Waals surface area contributed by atoms with Crippen LogP contribution in [0.1, 0.15) is 40.0 Å². The van der Waals surface area contributed by atoms with Crippen LogP contribution in [0.4, 0.5) is 5.69 Å². The molecule has 100 valence electrons. The molecular weight excluding hydrogens is 246 g/mol.